The molecule has 10 aromatic carbocycles. The van der Waals surface area contributed by atoms with E-state index in [1.807, 2.05) is 22.7 Å². The molecule has 2 saturated carbocycles. The molecule has 2 fully saturated rings. The van der Waals surface area contributed by atoms with Gasteiger partial charge in [-0.05, 0) is 185 Å². The number of nitrogens with zero attached hydrogens (tertiary/aromatic N) is 4. The van der Waals surface area contributed by atoms with Crippen molar-refractivity contribution < 1.29 is 0 Å². The lowest BCUT2D eigenvalue weighted by Gasteiger charge is -2.51. The molecule has 91 heavy (non-hydrogen) atoms. The average Bonchev–Trinajstić information content (AvgIpc) is 1.33. The summed E-state index contributed by atoms with van der Waals surface area (Å²) < 4.78 is 5.28. The van der Waals surface area contributed by atoms with Gasteiger partial charge in [0.2, 0.25) is 0 Å². The minimum Gasteiger partial charge on any atom is -0.334 e. The molecule has 4 nitrogen and oxygen atoms in total. The Kier molecular flexibility index (Phi) is 11.8. The minimum atomic E-state index is -0.197. The lowest BCUT2D eigenvalue weighted by Crippen LogP contribution is -2.61. The van der Waals surface area contributed by atoms with Crippen LogP contribution in [0.2, 0.25) is 0 Å². The van der Waals surface area contributed by atoms with Crippen LogP contribution in [0, 0.1) is 0 Å². The summed E-state index contributed by atoms with van der Waals surface area (Å²) in [6, 6.07) is 79.4. The van der Waals surface area contributed by atoms with Crippen molar-refractivity contribution in [1.82, 2.24) is 0 Å². The third-order valence-electron chi connectivity index (χ3n) is 23.8. The highest BCUT2D eigenvalue weighted by Crippen LogP contribution is 2.65. The van der Waals surface area contributed by atoms with Crippen LogP contribution in [0.15, 0.2) is 200 Å². The molecule has 0 spiro atoms. The van der Waals surface area contributed by atoms with Gasteiger partial charge in [0.1, 0.15) is 0 Å². The Morgan fingerprint density at radius 2 is 0.890 bits per heavy atom. The molecule has 18 rings (SSSR count). The standard InChI is InChI=1S/C84H79BN4S2/c1-79(2,3)54-33-39-68-64(46-54)82(8)42-19-21-44-84(82,10)89(68)58-50-72-77-73(51-58)87(69-28-22-27-61-59-25-14-17-30-75(59)91-78(61)69)71-49-57(88-67-38-31-53(52-23-12-11-13-24-52)45-63(67)81(7)41-18-20-43-83(81,88)9)34-37-66(71)85(77)65-36-32-55(80(4,5)6)47-70(65)86(72)56-35-40-76-62(48-56)60-26-15-16-29-74(60)90-76/h11-17,22-40,45-51H,18-21,41-44H2,1-10H3. The zero-order chi connectivity index (χ0) is 61.9. The maximum atomic E-state index is 2.87. The van der Waals surface area contributed by atoms with Gasteiger partial charge in [0.25, 0.3) is 6.71 Å². The van der Waals surface area contributed by atoms with E-state index in [0.717, 1.165) is 25.7 Å². The Hall–Kier alpha value is -8.10. The Bertz CT molecular complexity index is 5060. The molecule has 0 amide bonds. The molecule has 0 bridgehead atoms. The molecule has 6 aliphatic rings. The molecule has 12 aromatic rings. The second kappa shape index (κ2) is 19.2. The summed E-state index contributed by atoms with van der Waals surface area (Å²) in [7, 11) is 0. The van der Waals surface area contributed by atoms with Crippen molar-refractivity contribution in [2.45, 2.75) is 153 Å². The number of rotatable bonds is 5. The molecular weight excluding hydrogens is 1140 g/mol. The lowest BCUT2D eigenvalue weighted by molar-refractivity contribution is 0.195. The summed E-state index contributed by atoms with van der Waals surface area (Å²) in [5, 5.41) is 5.25. The Labute approximate surface area is 545 Å². The van der Waals surface area contributed by atoms with Gasteiger partial charge in [-0.15, -0.1) is 22.7 Å². The number of hydrogen-bond donors (Lipinski definition) is 0. The highest BCUT2D eigenvalue weighted by molar-refractivity contribution is 7.26. The summed E-state index contributed by atoms with van der Waals surface area (Å²) in [6.45, 7) is 24.7. The van der Waals surface area contributed by atoms with E-state index in [9.17, 15) is 0 Å². The van der Waals surface area contributed by atoms with E-state index >= 15 is 0 Å². The van der Waals surface area contributed by atoms with Crippen LogP contribution in [0.5, 0.6) is 0 Å². The van der Waals surface area contributed by atoms with E-state index in [-0.39, 0.29) is 39.5 Å². The maximum absolute atomic E-state index is 2.87. The van der Waals surface area contributed by atoms with Crippen LogP contribution in [0.4, 0.5) is 56.9 Å². The van der Waals surface area contributed by atoms with E-state index in [0.29, 0.717) is 0 Å². The minimum absolute atomic E-state index is 0.0131. The van der Waals surface area contributed by atoms with E-state index in [2.05, 4.69) is 289 Å². The van der Waals surface area contributed by atoms with Crippen LogP contribution < -0.4 is 36.0 Å². The molecule has 2 aromatic heterocycles. The predicted molar refractivity (Wildman–Crippen MR) is 395 cm³/mol. The van der Waals surface area contributed by atoms with Gasteiger partial charge in [-0.3, -0.25) is 0 Å². The van der Waals surface area contributed by atoms with Gasteiger partial charge in [-0.1, -0.05) is 196 Å². The van der Waals surface area contributed by atoms with E-state index in [1.165, 1.54) is 173 Å². The van der Waals surface area contributed by atoms with E-state index in [4.69, 9.17) is 0 Å². The number of benzene rings is 10. The quantitative estimate of drug-likeness (QED) is 0.159. The summed E-state index contributed by atoms with van der Waals surface area (Å²) in [5.41, 5.74) is 24.5. The van der Waals surface area contributed by atoms with Crippen molar-refractivity contribution in [1.29, 1.82) is 0 Å². The van der Waals surface area contributed by atoms with Crippen molar-refractivity contribution in [2.24, 2.45) is 0 Å². The predicted octanol–water partition coefficient (Wildman–Crippen LogP) is 22.3. The average molecular weight is 1220 g/mol. The molecule has 4 unspecified atom stereocenters. The number of hydrogen-bond acceptors (Lipinski definition) is 6. The van der Waals surface area contributed by atoms with Gasteiger partial charge in [0.15, 0.2) is 0 Å². The Balaban J connectivity index is 0.959. The molecule has 0 N–H and O–H groups in total. The lowest BCUT2D eigenvalue weighted by atomic mass is 9.33. The zero-order valence-electron chi connectivity index (χ0n) is 54.4. The fourth-order valence-electron chi connectivity index (χ4n) is 18.6. The van der Waals surface area contributed by atoms with Crippen LogP contribution in [-0.4, -0.2) is 17.8 Å². The van der Waals surface area contributed by atoms with Crippen molar-refractivity contribution >= 4 is 143 Å². The normalized spacial score (nSPS) is 22.3. The third kappa shape index (κ3) is 7.68. The number of anilines is 10. The molecule has 450 valence electrons. The van der Waals surface area contributed by atoms with E-state index in [1.54, 1.807) is 0 Å². The highest BCUT2D eigenvalue weighted by Gasteiger charge is 2.60. The zero-order valence-corrected chi connectivity index (χ0v) is 56.0. The smallest absolute Gasteiger partial charge is 0.252 e. The van der Waals surface area contributed by atoms with E-state index < -0.39 is 0 Å². The molecule has 6 heterocycles. The van der Waals surface area contributed by atoms with Gasteiger partial charge in [0, 0.05) is 97.7 Å². The van der Waals surface area contributed by atoms with Crippen LogP contribution in [0.1, 0.15) is 143 Å². The third-order valence-corrected chi connectivity index (χ3v) is 26.2. The fraction of sp³-hybridized carbons (Fsp3) is 0.286. The molecule has 0 saturated heterocycles. The molecule has 4 atom stereocenters. The maximum Gasteiger partial charge on any atom is 0.252 e. The monoisotopic (exact) mass is 1220 g/mol. The Morgan fingerprint density at radius 1 is 0.363 bits per heavy atom. The SMILES string of the molecule is CC(C)(C)c1ccc2c(c1)N(c1ccc3sc4ccccc4c3c1)c1cc(N3c4ccc(C(C)(C)C)cc4C4(C)CCCCC34C)cc3c1B2c1ccc(N2c4ccc(-c5ccccc5)cc4C4(C)CCCCC24C)cc1N3c1cccc2c1sc1ccccc12. The second-order valence-corrected chi connectivity index (χ2v) is 32.8. The topological polar surface area (TPSA) is 13.0 Å². The van der Waals surface area contributed by atoms with Crippen molar-refractivity contribution in [3.05, 3.63) is 222 Å². The molecular formula is C84H79BN4S2. The number of fused-ring (bicyclic) bond motifs is 16. The second-order valence-electron chi connectivity index (χ2n) is 30.7. The van der Waals surface area contributed by atoms with Gasteiger partial charge in [-0.2, -0.15) is 0 Å². The van der Waals surface area contributed by atoms with Crippen molar-refractivity contribution in [3.63, 3.8) is 0 Å². The highest BCUT2D eigenvalue weighted by atomic mass is 32.1. The van der Waals surface area contributed by atoms with Crippen molar-refractivity contribution in [2.75, 3.05) is 19.6 Å². The largest absolute Gasteiger partial charge is 0.334 e. The molecule has 0 radical (unpaired) electrons. The summed E-state index contributed by atoms with van der Waals surface area (Å²) in [4.78, 5) is 11.2. The van der Waals surface area contributed by atoms with Gasteiger partial charge < -0.3 is 19.6 Å². The molecule has 7 heteroatoms. The first-order valence-electron chi connectivity index (χ1n) is 33.7. The van der Waals surface area contributed by atoms with Crippen LogP contribution in [0.25, 0.3) is 51.5 Å². The van der Waals surface area contributed by atoms with Gasteiger partial charge in [-0.25, -0.2) is 0 Å². The van der Waals surface area contributed by atoms with Gasteiger partial charge in [0.05, 0.1) is 21.5 Å². The summed E-state index contributed by atoms with van der Waals surface area (Å²) in [5.74, 6) is 0. The first-order valence-corrected chi connectivity index (χ1v) is 35.3. The number of thiophene rings is 2. The summed E-state index contributed by atoms with van der Waals surface area (Å²) >= 11 is 3.85. The molecule has 2 aliphatic carbocycles. The fourth-order valence-corrected chi connectivity index (χ4v) is 20.8. The summed E-state index contributed by atoms with van der Waals surface area (Å²) in [6.07, 6.45) is 9.43. The van der Waals surface area contributed by atoms with Gasteiger partial charge >= 0.3 is 0 Å². The van der Waals surface area contributed by atoms with Crippen LogP contribution in [-0.2, 0) is 21.7 Å². The molecule has 4 aliphatic heterocycles. The van der Waals surface area contributed by atoms with Crippen LogP contribution >= 0.6 is 22.7 Å². The van der Waals surface area contributed by atoms with Crippen LogP contribution in [0.3, 0.4) is 0 Å². The first-order chi connectivity index (χ1) is 43.8. The Morgan fingerprint density at radius 3 is 1.59 bits per heavy atom. The first kappa shape index (κ1) is 55.7. The van der Waals surface area contributed by atoms with Crippen molar-refractivity contribution in [3.8, 4) is 11.1 Å².